The topological polar surface area (TPSA) is 124 Å². The van der Waals surface area contributed by atoms with Crippen molar-refractivity contribution < 1.29 is 26.5 Å². The standard InChI is InChI=1S/C14H15N6O2.BrH/c15-14(16)18-17-13(10-19-8-2-1-3-9-19)11-4-6-12(7-5-11)20(21)22;/h1-9H,10H2,(H4,15,16,18);1H/q+1;/p-1/b17-13-;. The minimum Gasteiger partial charge on any atom is -1.00 e. The van der Waals surface area contributed by atoms with Crippen molar-refractivity contribution in [1.29, 1.82) is 0 Å². The number of non-ortho nitro benzene ring substituents is 1. The van der Waals surface area contributed by atoms with E-state index in [9.17, 15) is 10.1 Å². The third kappa shape index (κ3) is 5.47. The van der Waals surface area contributed by atoms with E-state index in [2.05, 4.69) is 10.2 Å². The predicted octanol–water partition coefficient (Wildman–Crippen LogP) is -2.44. The second kappa shape index (κ2) is 8.59. The molecule has 23 heavy (non-hydrogen) atoms. The Balaban J connectivity index is 0.00000264. The van der Waals surface area contributed by atoms with Gasteiger partial charge in [0.1, 0.15) is 5.71 Å². The first-order valence-electron chi connectivity index (χ1n) is 6.40. The normalized spacial score (nSPS) is 10.5. The van der Waals surface area contributed by atoms with Crippen molar-refractivity contribution in [2.75, 3.05) is 0 Å². The molecule has 0 radical (unpaired) electrons. The molecule has 1 heterocycles. The van der Waals surface area contributed by atoms with E-state index in [-0.39, 0.29) is 28.6 Å². The maximum atomic E-state index is 10.7. The summed E-state index contributed by atoms with van der Waals surface area (Å²) in [5.74, 6) is -0.155. The molecule has 8 nitrogen and oxygen atoms in total. The smallest absolute Gasteiger partial charge is 0.269 e. The van der Waals surface area contributed by atoms with Gasteiger partial charge in [-0.25, -0.2) is 0 Å². The first kappa shape index (κ1) is 18.2. The van der Waals surface area contributed by atoms with E-state index in [1.54, 1.807) is 12.1 Å². The Morgan fingerprint density at radius 2 is 1.70 bits per heavy atom. The van der Waals surface area contributed by atoms with Gasteiger partial charge >= 0.3 is 0 Å². The third-order valence-corrected chi connectivity index (χ3v) is 2.81. The van der Waals surface area contributed by atoms with Crippen LogP contribution in [0.2, 0.25) is 0 Å². The van der Waals surface area contributed by atoms with Gasteiger partial charge in [0.15, 0.2) is 18.9 Å². The SMILES string of the molecule is NC(N)=N/N=C(/C[n+]1ccccc1)c1ccc([N+](=O)[O-])cc1.[Br-]. The highest BCUT2D eigenvalue weighted by atomic mass is 79.9. The molecule has 0 unspecified atom stereocenters. The van der Waals surface area contributed by atoms with Crippen LogP contribution in [0.1, 0.15) is 5.56 Å². The van der Waals surface area contributed by atoms with Crippen LogP contribution in [0.25, 0.3) is 0 Å². The quantitative estimate of drug-likeness (QED) is 0.197. The number of nitrogens with zero attached hydrogens (tertiary/aromatic N) is 4. The summed E-state index contributed by atoms with van der Waals surface area (Å²) < 4.78 is 1.89. The zero-order valence-electron chi connectivity index (χ0n) is 12.0. The fourth-order valence-electron chi connectivity index (χ4n) is 1.79. The Bertz CT molecular complexity index is 712. The second-order valence-corrected chi connectivity index (χ2v) is 4.42. The number of aromatic nitrogens is 1. The number of hydrogen-bond acceptors (Lipinski definition) is 4. The van der Waals surface area contributed by atoms with Crippen molar-refractivity contribution in [1.82, 2.24) is 0 Å². The molecule has 0 aliphatic heterocycles. The summed E-state index contributed by atoms with van der Waals surface area (Å²) in [6.07, 6.45) is 3.74. The number of nitrogens with two attached hydrogens (primary N) is 2. The number of nitro groups is 1. The van der Waals surface area contributed by atoms with E-state index in [0.717, 1.165) is 0 Å². The molecule has 0 aliphatic rings. The highest BCUT2D eigenvalue weighted by Crippen LogP contribution is 2.13. The Morgan fingerprint density at radius 3 is 2.22 bits per heavy atom. The highest BCUT2D eigenvalue weighted by molar-refractivity contribution is 6.00. The van der Waals surface area contributed by atoms with E-state index in [4.69, 9.17) is 11.5 Å². The van der Waals surface area contributed by atoms with Gasteiger partial charge in [-0.3, -0.25) is 10.1 Å². The summed E-state index contributed by atoms with van der Waals surface area (Å²) in [6, 6.07) is 11.7. The van der Waals surface area contributed by atoms with Gasteiger partial charge in [0.25, 0.3) is 5.69 Å². The maximum absolute atomic E-state index is 10.7. The molecular formula is C14H15BrN6O2. The van der Waals surface area contributed by atoms with E-state index < -0.39 is 4.92 Å². The number of halogens is 1. The van der Waals surface area contributed by atoms with Crippen molar-refractivity contribution in [2.24, 2.45) is 21.7 Å². The maximum Gasteiger partial charge on any atom is 0.269 e. The van der Waals surface area contributed by atoms with E-state index >= 15 is 0 Å². The van der Waals surface area contributed by atoms with Crippen molar-refractivity contribution in [3.63, 3.8) is 0 Å². The van der Waals surface area contributed by atoms with Crippen molar-refractivity contribution in [3.05, 3.63) is 70.5 Å². The molecule has 0 atom stereocenters. The zero-order chi connectivity index (χ0) is 15.9. The van der Waals surface area contributed by atoms with Gasteiger partial charge < -0.3 is 28.4 Å². The van der Waals surface area contributed by atoms with Crippen molar-refractivity contribution in [2.45, 2.75) is 6.54 Å². The predicted molar refractivity (Wildman–Crippen MR) is 82.1 cm³/mol. The van der Waals surface area contributed by atoms with Crippen LogP contribution >= 0.6 is 0 Å². The third-order valence-electron chi connectivity index (χ3n) is 2.81. The summed E-state index contributed by atoms with van der Waals surface area (Å²) in [4.78, 5) is 10.2. The summed E-state index contributed by atoms with van der Waals surface area (Å²) >= 11 is 0. The van der Waals surface area contributed by atoms with Crippen LogP contribution in [0.15, 0.2) is 65.1 Å². The monoisotopic (exact) mass is 378 g/mol. The van der Waals surface area contributed by atoms with Crippen LogP contribution in [0, 0.1) is 10.1 Å². The molecule has 0 saturated heterocycles. The molecule has 0 bridgehead atoms. The molecule has 1 aromatic heterocycles. The largest absolute Gasteiger partial charge is 1.00 e. The fraction of sp³-hybridized carbons (Fsp3) is 0.0714. The van der Waals surface area contributed by atoms with Crippen LogP contribution in [0.5, 0.6) is 0 Å². The van der Waals surface area contributed by atoms with Gasteiger partial charge in [-0.2, -0.15) is 4.57 Å². The lowest BCUT2D eigenvalue weighted by Crippen LogP contribution is -3.00. The number of benzene rings is 1. The molecule has 4 N–H and O–H groups in total. The van der Waals surface area contributed by atoms with E-state index in [1.165, 1.54) is 12.1 Å². The first-order valence-corrected chi connectivity index (χ1v) is 6.40. The minimum atomic E-state index is -0.456. The summed E-state index contributed by atoms with van der Waals surface area (Å²) in [5.41, 5.74) is 11.9. The molecule has 2 rings (SSSR count). The number of hydrogen-bond donors (Lipinski definition) is 2. The van der Waals surface area contributed by atoms with Gasteiger partial charge in [0.2, 0.25) is 5.96 Å². The Morgan fingerprint density at radius 1 is 1.09 bits per heavy atom. The number of pyridine rings is 1. The molecule has 0 spiro atoms. The molecule has 0 fully saturated rings. The van der Waals surface area contributed by atoms with Gasteiger partial charge in [-0.05, 0) is 12.1 Å². The van der Waals surface area contributed by atoms with Crippen LogP contribution in [-0.2, 0) is 6.54 Å². The van der Waals surface area contributed by atoms with Gasteiger partial charge in [0.05, 0.1) is 4.92 Å². The lowest BCUT2D eigenvalue weighted by Gasteiger charge is -2.02. The Hall–Kier alpha value is -2.81. The molecule has 0 aliphatic carbocycles. The molecule has 9 heteroatoms. The minimum absolute atomic E-state index is 0. The molecule has 2 aromatic rings. The van der Waals surface area contributed by atoms with E-state index in [0.29, 0.717) is 17.8 Å². The first-order chi connectivity index (χ1) is 10.6. The van der Waals surface area contributed by atoms with E-state index in [1.807, 2.05) is 35.2 Å². The molecule has 120 valence electrons. The van der Waals surface area contributed by atoms with Crippen LogP contribution < -0.4 is 33.0 Å². The summed E-state index contributed by atoms with van der Waals surface area (Å²) in [7, 11) is 0. The molecule has 1 aromatic carbocycles. The van der Waals surface area contributed by atoms with Gasteiger partial charge in [0, 0.05) is 29.8 Å². The number of nitro benzene ring substituents is 1. The zero-order valence-corrected chi connectivity index (χ0v) is 13.6. The lowest BCUT2D eigenvalue weighted by molar-refractivity contribution is -0.681. The number of rotatable bonds is 5. The van der Waals surface area contributed by atoms with Crippen molar-refractivity contribution in [3.8, 4) is 0 Å². The van der Waals surface area contributed by atoms with Crippen LogP contribution in [-0.4, -0.2) is 16.6 Å². The highest BCUT2D eigenvalue weighted by Gasteiger charge is 2.12. The summed E-state index contributed by atoms with van der Waals surface area (Å²) in [6.45, 7) is 0.426. The van der Waals surface area contributed by atoms with Gasteiger partial charge in [-0.15, -0.1) is 10.2 Å². The molecule has 0 saturated carbocycles. The Labute approximate surface area is 143 Å². The molecule has 0 amide bonds. The van der Waals surface area contributed by atoms with Gasteiger partial charge in [-0.1, -0.05) is 6.07 Å². The van der Waals surface area contributed by atoms with Crippen molar-refractivity contribution >= 4 is 17.4 Å². The molecular weight excluding hydrogens is 364 g/mol. The van der Waals surface area contributed by atoms with Crippen LogP contribution in [0.4, 0.5) is 5.69 Å². The average Bonchev–Trinajstić information content (AvgIpc) is 2.52. The number of guanidine groups is 1. The Kier molecular flexibility index (Phi) is 6.81. The summed E-state index contributed by atoms with van der Waals surface area (Å²) in [5, 5.41) is 18.4. The van der Waals surface area contributed by atoms with Crippen LogP contribution in [0.3, 0.4) is 0 Å². The second-order valence-electron chi connectivity index (χ2n) is 4.42. The lowest BCUT2D eigenvalue weighted by atomic mass is 10.1. The fourth-order valence-corrected chi connectivity index (χ4v) is 1.79. The average molecular weight is 379 g/mol.